The van der Waals surface area contributed by atoms with E-state index < -0.39 is 5.41 Å². The maximum atomic E-state index is 11.5. The van der Waals surface area contributed by atoms with E-state index >= 15 is 0 Å². The molecule has 0 amide bonds. The van der Waals surface area contributed by atoms with E-state index in [9.17, 15) is 4.79 Å². The lowest BCUT2D eigenvalue weighted by molar-refractivity contribution is -0.127. The molecule has 0 aromatic carbocycles. The molecule has 2 aromatic heterocycles. The highest BCUT2D eigenvalue weighted by molar-refractivity contribution is 6.32. The molecule has 7 heteroatoms. The highest BCUT2D eigenvalue weighted by atomic mass is 35.5. The van der Waals surface area contributed by atoms with Gasteiger partial charge in [0.2, 0.25) is 0 Å². The van der Waals surface area contributed by atoms with Crippen molar-refractivity contribution in [3.8, 4) is 0 Å². The van der Waals surface area contributed by atoms with Gasteiger partial charge in [-0.25, -0.2) is 4.98 Å². The normalized spacial score (nSPS) is 17.3. The number of ketones is 1. The zero-order valence-electron chi connectivity index (χ0n) is 10.1. The number of carbonyl (C=O) groups is 1. The van der Waals surface area contributed by atoms with Crippen molar-refractivity contribution in [2.45, 2.75) is 18.3 Å². The molecule has 19 heavy (non-hydrogen) atoms. The smallest absolute Gasteiger partial charge is 0.144 e. The second kappa shape index (κ2) is 4.28. The van der Waals surface area contributed by atoms with Crippen LogP contribution in [-0.2, 0) is 17.3 Å². The predicted octanol–water partition coefficient (Wildman–Crippen LogP) is 2.17. The lowest BCUT2D eigenvalue weighted by Gasteiger charge is -2.39. The number of halogens is 2. The average Bonchev–Trinajstić information content (AvgIpc) is 2.70. The van der Waals surface area contributed by atoms with Gasteiger partial charge in [0.05, 0.1) is 5.41 Å². The molecule has 0 aliphatic heterocycles. The number of aromatic nitrogens is 4. The Hall–Kier alpha value is -1.46. The number of hydrogen-bond acceptors (Lipinski definition) is 4. The Bertz CT molecular complexity index is 639. The van der Waals surface area contributed by atoms with E-state index in [1.807, 2.05) is 11.6 Å². The van der Waals surface area contributed by atoms with Crippen LogP contribution in [0.3, 0.4) is 0 Å². The number of pyridine rings is 1. The molecule has 0 saturated heterocycles. The molecule has 0 N–H and O–H groups in total. The van der Waals surface area contributed by atoms with Gasteiger partial charge in [0, 0.05) is 19.9 Å². The van der Waals surface area contributed by atoms with Crippen LogP contribution in [0, 0.1) is 0 Å². The summed E-state index contributed by atoms with van der Waals surface area (Å²) in [5.41, 5.74) is 0.367. The zero-order valence-corrected chi connectivity index (χ0v) is 11.6. The van der Waals surface area contributed by atoms with Gasteiger partial charge in [0.1, 0.15) is 28.2 Å². The Morgan fingerprint density at radius 2 is 1.89 bits per heavy atom. The molecule has 2 heterocycles. The Morgan fingerprint density at radius 1 is 1.26 bits per heavy atom. The molecular formula is C12H10Cl2N4O. The number of nitrogens with zero attached hydrogens (tertiary/aromatic N) is 4. The van der Waals surface area contributed by atoms with E-state index in [1.54, 1.807) is 18.5 Å². The number of rotatable bonds is 2. The van der Waals surface area contributed by atoms with Crippen LogP contribution in [-0.4, -0.2) is 25.5 Å². The van der Waals surface area contributed by atoms with E-state index in [4.69, 9.17) is 23.2 Å². The molecule has 0 bridgehead atoms. The van der Waals surface area contributed by atoms with Crippen molar-refractivity contribution in [2.75, 3.05) is 0 Å². The van der Waals surface area contributed by atoms with E-state index in [-0.39, 0.29) is 5.78 Å². The van der Waals surface area contributed by atoms with Crippen LogP contribution < -0.4 is 0 Å². The highest BCUT2D eigenvalue weighted by Gasteiger charge is 2.49. The molecule has 5 nitrogen and oxygen atoms in total. The Morgan fingerprint density at radius 3 is 2.37 bits per heavy atom. The second-order valence-corrected chi connectivity index (χ2v) is 5.52. The van der Waals surface area contributed by atoms with Crippen LogP contribution >= 0.6 is 23.2 Å². The molecule has 0 unspecified atom stereocenters. The molecule has 0 spiro atoms. The van der Waals surface area contributed by atoms with Crippen LogP contribution in [0.25, 0.3) is 0 Å². The van der Waals surface area contributed by atoms with Gasteiger partial charge in [-0.05, 0) is 17.7 Å². The topological polar surface area (TPSA) is 60.7 Å². The first kappa shape index (κ1) is 12.6. The maximum Gasteiger partial charge on any atom is 0.144 e. The highest BCUT2D eigenvalue weighted by Crippen LogP contribution is 2.46. The predicted molar refractivity (Wildman–Crippen MR) is 70.3 cm³/mol. The van der Waals surface area contributed by atoms with Crippen LogP contribution in [0.1, 0.15) is 24.2 Å². The van der Waals surface area contributed by atoms with Crippen LogP contribution in [0.5, 0.6) is 0 Å². The minimum absolute atomic E-state index is 0.187. The van der Waals surface area contributed by atoms with Crippen LogP contribution in [0.15, 0.2) is 18.5 Å². The Balaban J connectivity index is 2.16. The summed E-state index contributed by atoms with van der Waals surface area (Å²) in [5, 5.41) is 8.64. The van der Waals surface area contributed by atoms with Gasteiger partial charge >= 0.3 is 0 Å². The maximum absolute atomic E-state index is 11.5. The summed E-state index contributed by atoms with van der Waals surface area (Å²) in [6, 6.07) is 3.46. The summed E-state index contributed by atoms with van der Waals surface area (Å²) in [6.07, 6.45) is 2.39. The van der Waals surface area contributed by atoms with Gasteiger partial charge < -0.3 is 4.57 Å². The molecule has 1 aliphatic carbocycles. The van der Waals surface area contributed by atoms with Gasteiger partial charge in [-0.2, -0.15) is 0 Å². The summed E-state index contributed by atoms with van der Waals surface area (Å²) >= 11 is 11.9. The lowest BCUT2D eigenvalue weighted by atomic mass is 9.63. The first-order valence-electron chi connectivity index (χ1n) is 5.71. The fourth-order valence-corrected chi connectivity index (χ4v) is 3.03. The minimum Gasteiger partial charge on any atom is -0.320 e. The monoisotopic (exact) mass is 296 g/mol. The first-order chi connectivity index (χ1) is 9.01. The van der Waals surface area contributed by atoms with E-state index in [1.165, 1.54) is 0 Å². The molecule has 98 valence electrons. The Labute approximate surface area is 119 Å². The van der Waals surface area contributed by atoms with Crippen molar-refractivity contribution in [1.82, 2.24) is 19.7 Å². The lowest BCUT2D eigenvalue weighted by Crippen LogP contribution is -2.44. The van der Waals surface area contributed by atoms with Crippen molar-refractivity contribution >= 4 is 29.0 Å². The number of carbonyl (C=O) groups excluding carboxylic acids is 1. The van der Waals surface area contributed by atoms with Gasteiger partial charge in [-0.15, -0.1) is 10.2 Å². The first-order valence-corrected chi connectivity index (χ1v) is 6.46. The van der Waals surface area contributed by atoms with E-state index in [0.717, 1.165) is 11.4 Å². The van der Waals surface area contributed by atoms with Crippen molar-refractivity contribution < 1.29 is 4.79 Å². The second-order valence-electron chi connectivity index (χ2n) is 4.74. The van der Waals surface area contributed by atoms with Gasteiger partial charge in [0.15, 0.2) is 0 Å². The summed E-state index contributed by atoms with van der Waals surface area (Å²) < 4.78 is 1.81. The fraction of sp³-hybridized carbons (Fsp3) is 0.333. The molecule has 0 atom stereocenters. The minimum atomic E-state index is -0.488. The molecule has 1 fully saturated rings. The van der Waals surface area contributed by atoms with E-state index in [2.05, 4.69) is 15.2 Å². The third-order valence-corrected chi connectivity index (χ3v) is 3.84. The third-order valence-electron chi connectivity index (χ3n) is 3.45. The number of aryl methyl sites for hydroxylation is 1. The summed E-state index contributed by atoms with van der Waals surface area (Å²) in [5.74, 6) is 0.928. The Kier molecular flexibility index (Phi) is 2.83. The van der Waals surface area contributed by atoms with Crippen molar-refractivity contribution in [1.29, 1.82) is 0 Å². The van der Waals surface area contributed by atoms with E-state index in [0.29, 0.717) is 23.1 Å². The van der Waals surface area contributed by atoms with Crippen molar-refractivity contribution in [3.05, 3.63) is 40.2 Å². The molecule has 2 aromatic rings. The molecule has 1 saturated carbocycles. The number of hydrogen-bond donors (Lipinski definition) is 0. The fourth-order valence-electron chi connectivity index (χ4n) is 2.57. The summed E-state index contributed by atoms with van der Waals surface area (Å²) in [7, 11) is 1.85. The molecule has 0 radical (unpaired) electrons. The van der Waals surface area contributed by atoms with Crippen LogP contribution in [0.4, 0.5) is 0 Å². The third kappa shape index (κ3) is 1.93. The quantitative estimate of drug-likeness (QED) is 0.797. The van der Waals surface area contributed by atoms with Gasteiger partial charge in [0.25, 0.3) is 0 Å². The van der Waals surface area contributed by atoms with Gasteiger partial charge in [-0.3, -0.25) is 4.79 Å². The van der Waals surface area contributed by atoms with Gasteiger partial charge in [-0.1, -0.05) is 23.2 Å². The number of Topliss-reactive ketones (excluding diaryl/α,β-unsaturated/α-hetero) is 1. The summed E-state index contributed by atoms with van der Waals surface area (Å²) in [6.45, 7) is 0. The zero-order chi connectivity index (χ0) is 13.6. The molecular weight excluding hydrogens is 287 g/mol. The SMILES string of the molecule is Cn1cnnc1C1(c2cc(Cl)nc(Cl)c2)CC(=O)C1. The standard InChI is InChI=1S/C12H10Cl2N4O/c1-18-6-15-17-11(18)12(4-8(19)5-12)7-2-9(13)16-10(14)3-7/h2-3,6H,4-5H2,1H3. The average molecular weight is 297 g/mol. The molecule has 1 aliphatic rings. The largest absolute Gasteiger partial charge is 0.320 e. The summed E-state index contributed by atoms with van der Waals surface area (Å²) in [4.78, 5) is 15.5. The van der Waals surface area contributed by atoms with Crippen molar-refractivity contribution in [2.24, 2.45) is 7.05 Å². The van der Waals surface area contributed by atoms with Crippen molar-refractivity contribution in [3.63, 3.8) is 0 Å². The van der Waals surface area contributed by atoms with Crippen LogP contribution in [0.2, 0.25) is 10.3 Å². The molecule has 3 rings (SSSR count).